The Morgan fingerprint density at radius 2 is 2.03 bits per heavy atom. The summed E-state index contributed by atoms with van der Waals surface area (Å²) in [5.41, 5.74) is 9.28. The molecule has 2 unspecified atom stereocenters. The smallest absolute Gasteiger partial charge is 0.434 e. The van der Waals surface area contributed by atoms with E-state index < -0.39 is 12.2 Å². The number of para-hydroxylation sites is 1. The first-order chi connectivity index (χ1) is 13.9. The van der Waals surface area contributed by atoms with Gasteiger partial charge in [0.25, 0.3) is 0 Å². The SMILES string of the molecule is CCOC(=O)Oc1ccc(C(N)CC(=O)N2CC(C)Cc3ccccc32)c(Br)c1. The second-order valence-electron chi connectivity index (χ2n) is 7.22. The molecule has 0 saturated carbocycles. The molecule has 2 N–H and O–H groups in total. The van der Waals surface area contributed by atoms with Gasteiger partial charge >= 0.3 is 6.16 Å². The van der Waals surface area contributed by atoms with Crippen LogP contribution in [0.25, 0.3) is 0 Å². The number of halogens is 1. The van der Waals surface area contributed by atoms with Crippen molar-refractivity contribution in [2.45, 2.75) is 32.7 Å². The number of amides is 1. The number of benzene rings is 2. The van der Waals surface area contributed by atoms with Crippen LogP contribution in [0.1, 0.15) is 37.4 Å². The zero-order valence-electron chi connectivity index (χ0n) is 16.6. The van der Waals surface area contributed by atoms with Gasteiger partial charge in [-0.25, -0.2) is 4.79 Å². The van der Waals surface area contributed by atoms with E-state index in [0.29, 0.717) is 22.7 Å². The molecule has 2 atom stereocenters. The molecule has 2 aromatic rings. The van der Waals surface area contributed by atoms with Crippen LogP contribution in [0.3, 0.4) is 0 Å². The highest BCUT2D eigenvalue weighted by atomic mass is 79.9. The standard InChI is InChI=1S/C22H25BrN2O4/c1-3-28-22(27)29-16-8-9-17(18(23)11-16)19(24)12-21(26)25-13-14(2)10-15-6-4-5-7-20(15)25/h4-9,11,14,19H,3,10,12-13,24H2,1-2H3. The minimum absolute atomic E-state index is 0.00440. The summed E-state index contributed by atoms with van der Waals surface area (Å²) >= 11 is 3.46. The predicted octanol–water partition coefficient (Wildman–Crippen LogP) is 4.60. The van der Waals surface area contributed by atoms with Crippen LogP contribution in [0, 0.1) is 5.92 Å². The van der Waals surface area contributed by atoms with Crippen molar-refractivity contribution in [3.05, 3.63) is 58.1 Å². The van der Waals surface area contributed by atoms with E-state index in [1.54, 1.807) is 25.1 Å². The van der Waals surface area contributed by atoms with Gasteiger partial charge in [-0.3, -0.25) is 4.79 Å². The van der Waals surface area contributed by atoms with Crippen molar-refractivity contribution >= 4 is 33.7 Å². The molecule has 0 bridgehead atoms. The quantitative estimate of drug-likeness (QED) is 0.520. The van der Waals surface area contributed by atoms with Crippen molar-refractivity contribution < 1.29 is 19.1 Å². The van der Waals surface area contributed by atoms with Crippen molar-refractivity contribution in [2.24, 2.45) is 11.7 Å². The van der Waals surface area contributed by atoms with Gasteiger partial charge in [0, 0.05) is 29.2 Å². The van der Waals surface area contributed by atoms with Crippen molar-refractivity contribution in [2.75, 3.05) is 18.1 Å². The summed E-state index contributed by atoms with van der Waals surface area (Å²) in [4.78, 5) is 26.3. The lowest BCUT2D eigenvalue weighted by Gasteiger charge is -2.34. The van der Waals surface area contributed by atoms with Crippen LogP contribution < -0.4 is 15.4 Å². The Kier molecular flexibility index (Phi) is 6.92. The predicted molar refractivity (Wildman–Crippen MR) is 115 cm³/mol. The van der Waals surface area contributed by atoms with E-state index in [2.05, 4.69) is 28.9 Å². The lowest BCUT2D eigenvalue weighted by atomic mass is 9.93. The summed E-state index contributed by atoms with van der Waals surface area (Å²) < 4.78 is 10.5. The van der Waals surface area contributed by atoms with E-state index in [4.69, 9.17) is 15.2 Å². The first-order valence-corrected chi connectivity index (χ1v) is 10.5. The molecule has 7 heteroatoms. The Morgan fingerprint density at radius 3 is 2.76 bits per heavy atom. The van der Waals surface area contributed by atoms with Crippen LogP contribution in [0.15, 0.2) is 46.9 Å². The average Bonchev–Trinajstić information content (AvgIpc) is 2.67. The summed E-state index contributed by atoms with van der Waals surface area (Å²) in [5, 5.41) is 0. The number of ether oxygens (including phenoxy) is 2. The molecule has 1 heterocycles. The van der Waals surface area contributed by atoms with E-state index in [-0.39, 0.29) is 18.9 Å². The van der Waals surface area contributed by atoms with Crippen LogP contribution >= 0.6 is 15.9 Å². The van der Waals surface area contributed by atoms with Gasteiger partial charge in [0.15, 0.2) is 0 Å². The first-order valence-electron chi connectivity index (χ1n) is 9.67. The Bertz CT molecular complexity index is 902. The molecule has 29 heavy (non-hydrogen) atoms. The summed E-state index contributed by atoms with van der Waals surface area (Å²) in [6.45, 7) is 4.78. The Labute approximate surface area is 179 Å². The monoisotopic (exact) mass is 460 g/mol. The number of hydrogen-bond donors (Lipinski definition) is 1. The summed E-state index contributed by atoms with van der Waals surface area (Å²) in [6, 6.07) is 12.6. The van der Waals surface area contributed by atoms with Crippen molar-refractivity contribution in [3.8, 4) is 5.75 Å². The molecule has 3 rings (SSSR count). The third-order valence-corrected chi connectivity index (χ3v) is 5.56. The number of rotatable bonds is 5. The van der Waals surface area contributed by atoms with Gasteiger partial charge < -0.3 is 20.1 Å². The van der Waals surface area contributed by atoms with E-state index in [0.717, 1.165) is 17.7 Å². The molecule has 0 spiro atoms. The third kappa shape index (κ3) is 5.16. The van der Waals surface area contributed by atoms with Crippen LogP contribution in [0.5, 0.6) is 5.75 Å². The van der Waals surface area contributed by atoms with Gasteiger partial charge in [-0.15, -0.1) is 0 Å². The Morgan fingerprint density at radius 1 is 1.28 bits per heavy atom. The van der Waals surface area contributed by atoms with Gasteiger partial charge in [0.1, 0.15) is 5.75 Å². The highest BCUT2D eigenvalue weighted by Crippen LogP contribution is 2.32. The normalized spacial score (nSPS) is 16.7. The molecule has 0 aromatic heterocycles. The zero-order chi connectivity index (χ0) is 21.0. The topological polar surface area (TPSA) is 81.9 Å². The fraction of sp³-hybridized carbons (Fsp3) is 0.364. The molecule has 154 valence electrons. The molecule has 1 aliphatic rings. The number of hydrogen-bond acceptors (Lipinski definition) is 5. The fourth-order valence-corrected chi connectivity index (χ4v) is 4.21. The summed E-state index contributed by atoms with van der Waals surface area (Å²) in [5.74, 6) is 0.739. The molecule has 0 aliphatic carbocycles. The average molecular weight is 461 g/mol. The highest BCUT2D eigenvalue weighted by molar-refractivity contribution is 9.10. The van der Waals surface area contributed by atoms with Gasteiger partial charge in [0.05, 0.1) is 6.61 Å². The first kappa shape index (κ1) is 21.3. The van der Waals surface area contributed by atoms with Crippen LogP contribution in [0.4, 0.5) is 10.5 Å². The second kappa shape index (κ2) is 9.41. The number of fused-ring (bicyclic) bond motifs is 1. The molecule has 2 aromatic carbocycles. The molecule has 6 nitrogen and oxygen atoms in total. The zero-order valence-corrected chi connectivity index (χ0v) is 18.1. The van der Waals surface area contributed by atoms with Crippen molar-refractivity contribution in [3.63, 3.8) is 0 Å². The number of carbonyl (C=O) groups is 2. The van der Waals surface area contributed by atoms with Crippen LogP contribution in [0.2, 0.25) is 0 Å². The Hall–Kier alpha value is -2.38. The van der Waals surface area contributed by atoms with Gasteiger partial charge in [0.2, 0.25) is 5.91 Å². The number of anilines is 1. The molecule has 1 amide bonds. The largest absolute Gasteiger partial charge is 0.513 e. The van der Waals surface area contributed by atoms with Gasteiger partial charge in [-0.1, -0.05) is 47.1 Å². The fourth-order valence-electron chi connectivity index (χ4n) is 3.56. The minimum Gasteiger partial charge on any atom is -0.434 e. The van der Waals surface area contributed by atoms with E-state index in [1.807, 2.05) is 23.1 Å². The van der Waals surface area contributed by atoms with E-state index in [9.17, 15) is 9.59 Å². The van der Waals surface area contributed by atoms with Crippen molar-refractivity contribution in [1.82, 2.24) is 0 Å². The van der Waals surface area contributed by atoms with Gasteiger partial charge in [-0.2, -0.15) is 0 Å². The number of nitrogens with two attached hydrogens (primary N) is 1. The minimum atomic E-state index is -0.760. The van der Waals surface area contributed by atoms with E-state index >= 15 is 0 Å². The summed E-state index contributed by atoms with van der Waals surface area (Å²) in [7, 11) is 0. The van der Waals surface area contributed by atoms with Gasteiger partial charge in [-0.05, 0) is 48.6 Å². The molecule has 1 aliphatic heterocycles. The third-order valence-electron chi connectivity index (χ3n) is 4.88. The maximum atomic E-state index is 13.0. The molecule has 0 radical (unpaired) electrons. The molecule has 0 fully saturated rings. The highest BCUT2D eigenvalue weighted by Gasteiger charge is 2.27. The van der Waals surface area contributed by atoms with Crippen LogP contribution in [-0.2, 0) is 16.0 Å². The summed E-state index contributed by atoms with van der Waals surface area (Å²) in [6.07, 6.45) is 0.390. The number of carbonyl (C=O) groups excluding carboxylic acids is 2. The number of nitrogens with zero attached hydrogens (tertiary/aromatic N) is 1. The van der Waals surface area contributed by atoms with Crippen LogP contribution in [-0.4, -0.2) is 25.2 Å². The lowest BCUT2D eigenvalue weighted by molar-refractivity contribution is -0.119. The second-order valence-corrected chi connectivity index (χ2v) is 8.08. The van der Waals surface area contributed by atoms with E-state index in [1.165, 1.54) is 5.56 Å². The molecular weight excluding hydrogens is 436 g/mol. The molecular formula is C22H25BrN2O4. The lowest BCUT2D eigenvalue weighted by Crippen LogP contribution is -2.40. The maximum Gasteiger partial charge on any atom is 0.513 e. The maximum absolute atomic E-state index is 13.0. The van der Waals surface area contributed by atoms with Crippen molar-refractivity contribution in [1.29, 1.82) is 0 Å². The Balaban J connectivity index is 1.71. The molecule has 0 saturated heterocycles.